The summed E-state index contributed by atoms with van der Waals surface area (Å²) in [6.07, 6.45) is 0.930. The number of hydrogen-bond acceptors (Lipinski definition) is 3. The maximum absolute atomic E-state index is 11.4. The summed E-state index contributed by atoms with van der Waals surface area (Å²) in [5, 5.41) is 6.05. The summed E-state index contributed by atoms with van der Waals surface area (Å²) in [6.45, 7) is 11.3. The van der Waals surface area contributed by atoms with Crippen LogP contribution in [0, 0.1) is 0 Å². The second-order valence-corrected chi connectivity index (χ2v) is 5.56. The lowest BCUT2D eigenvalue weighted by molar-refractivity contribution is -0.120. The Morgan fingerprint density at radius 1 is 1.38 bits per heavy atom. The first kappa shape index (κ1) is 13.5. The van der Waals surface area contributed by atoms with Gasteiger partial charge in [-0.1, -0.05) is 0 Å². The maximum atomic E-state index is 11.4. The van der Waals surface area contributed by atoms with Gasteiger partial charge < -0.3 is 15.4 Å². The van der Waals surface area contributed by atoms with E-state index >= 15 is 0 Å². The van der Waals surface area contributed by atoms with Gasteiger partial charge in [0.1, 0.15) is 0 Å². The molecule has 0 aromatic carbocycles. The number of rotatable bonds is 4. The van der Waals surface area contributed by atoms with Crippen molar-refractivity contribution >= 4 is 5.91 Å². The molecule has 0 spiro atoms. The smallest absolute Gasteiger partial charge is 0.233 e. The lowest BCUT2D eigenvalue weighted by Crippen LogP contribution is -2.47. The number of nitrogens with one attached hydrogen (secondary N) is 2. The van der Waals surface area contributed by atoms with Gasteiger partial charge >= 0.3 is 0 Å². The zero-order valence-corrected chi connectivity index (χ0v) is 11.0. The van der Waals surface area contributed by atoms with E-state index in [1.165, 1.54) is 0 Å². The van der Waals surface area contributed by atoms with Crippen LogP contribution in [0.2, 0.25) is 0 Å². The molecule has 1 saturated heterocycles. The lowest BCUT2D eigenvalue weighted by atomic mass is 9.94. The third kappa shape index (κ3) is 3.46. The van der Waals surface area contributed by atoms with E-state index in [4.69, 9.17) is 4.74 Å². The molecule has 1 atom stereocenters. The molecular formula is C12H24N2O2. The van der Waals surface area contributed by atoms with Gasteiger partial charge in [-0.25, -0.2) is 0 Å². The van der Waals surface area contributed by atoms with Gasteiger partial charge in [-0.2, -0.15) is 0 Å². The van der Waals surface area contributed by atoms with E-state index in [9.17, 15) is 4.79 Å². The Hall–Kier alpha value is -0.610. The van der Waals surface area contributed by atoms with E-state index in [1.807, 2.05) is 6.92 Å². The summed E-state index contributed by atoms with van der Waals surface area (Å²) in [4.78, 5) is 11.4. The summed E-state index contributed by atoms with van der Waals surface area (Å²) in [7, 11) is 0. The number of amides is 1. The fourth-order valence-electron chi connectivity index (χ4n) is 2.36. The Labute approximate surface area is 98.1 Å². The molecule has 0 aliphatic carbocycles. The Kier molecular flexibility index (Phi) is 3.97. The molecule has 1 aliphatic rings. The van der Waals surface area contributed by atoms with Gasteiger partial charge in [0.05, 0.1) is 17.7 Å². The average molecular weight is 228 g/mol. The minimum Gasteiger partial charge on any atom is -0.368 e. The van der Waals surface area contributed by atoms with Gasteiger partial charge in [0.15, 0.2) is 0 Å². The lowest BCUT2D eigenvalue weighted by Gasteiger charge is -2.27. The van der Waals surface area contributed by atoms with Crippen molar-refractivity contribution in [2.24, 2.45) is 0 Å². The van der Waals surface area contributed by atoms with Crippen LogP contribution in [0.25, 0.3) is 0 Å². The highest BCUT2D eigenvalue weighted by Gasteiger charge is 2.45. The zero-order chi connectivity index (χ0) is 12.4. The summed E-state index contributed by atoms with van der Waals surface area (Å²) in [5.41, 5.74) is -0.321. The van der Waals surface area contributed by atoms with Gasteiger partial charge in [-0.15, -0.1) is 0 Å². The van der Waals surface area contributed by atoms with Crippen LogP contribution in [0.4, 0.5) is 0 Å². The van der Waals surface area contributed by atoms with Crippen molar-refractivity contribution in [3.05, 3.63) is 0 Å². The van der Waals surface area contributed by atoms with Crippen LogP contribution in [0.15, 0.2) is 0 Å². The normalized spacial score (nSPS) is 26.7. The Bertz CT molecular complexity index is 262. The number of carbonyl (C=O) groups excluding carboxylic acids is 1. The number of hydrogen-bond donors (Lipinski definition) is 2. The SMILES string of the molecule is CCNC(=O)CNC1CC(C)(C)OC1(C)C. The van der Waals surface area contributed by atoms with Crippen LogP contribution in [0.1, 0.15) is 41.0 Å². The molecule has 1 aliphatic heterocycles. The molecule has 1 rings (SSSR count). The van der Waals surface area contributed by atoms with Gasteiger partial charge in [-0.05, 0) is 41.0 Å². The van der Waals surface area contributed by atoms with Crippen molar-refractivity contribution in [3.8, 4) is 0 Å². The van der Waals surface area contributed by atoms with Gasteiger partial charge in [-0.3, -0.25) is 4.79 Å². The van der Waals surface area contributed by atoms with Crippen molar-refractivity contribution in [2.75, 3.05) is 13.1 Å². The first-order valence-corrected chi connectivity index (χ1v) is 5.97. The van der Waals surface area contributed by atoms with Crippen LogP contribution < -0.4 is 10.6 Å². The van der Waals surface area contributed by atoms with E-state index in [1.54, 1.807) is 0 Å². The molecule has 1 unspecified atom stereocenters. The molecule has 16 heavy (non-hydrogen) atoms. The zero-order valence-electron chi connectivity index (χ0n) is 11.0. The fraction of sp³-hybridized carbons (Fsp3) is 0.917. The number of ether oxygens (including phenoxy) is 1. The first-order valence-electron chi connectivity index (χ1n) is 5.97. The van der Waals surface area contributed by atoms with Crippen molar-refractivity contribution in [1.29, 1.82) is 0 Å². The van der Waals surface area contributed by atoms with Crippen LogP contribution in [-0.2, 0) is 9.53 Å². The molecule has 0 bridgehead atoms. The van der Waals surface area contributed by atoms with Crippen LogP contribution in [-0.4, -0.2) is 36.2 Å². The van der Waals surface area contributed by atoms with Crippen molar-refractivity contribution in [2.45, 2.75) is 58.3 Å². The van der Waals surface area contributed by atoms with Crippen molar-refractivity contribution < 1.29 is 9.53 Å². The molecule has 0 radical (unpaired) electrons. The predicted octanol–water partition coefficient (Wildman–Crippen LogP) is 1.06. The molecule has 0 aromatic heterocycles. The highest BCUT2D eigenvalue weighted by atomic mass is 16.5. The van der Waals surface area contributed by atoms with Crippen molar-refractivity contribution in [3.63, 3.8) is 0 Å². The van der Waals surface area contributed by atoms with Gasteiger partial charge in [0, 0.05) is 12.6 Å². The first-order chi connectivity index (χ1) is 7.27. The topological polar surface area (TPSA) is 50.4 Å². The van der Waals surface area contributed by atoms with E-state index in [-0.39, 0.29) is 23.2 Å². The predicted molar refractivity (Wildman–Crippen MR) is 64.3 cm³/mol. The molecule has 4 nitrogen and oxygen atoms in total. The summed E-state index contributed by atoms with van der Waals surface area (Å²) < 4.78 is 5.95. The van der Waals surface area contributed by atoms with Gasteiger partial charge in [0.25, 0.3) is 0 Å². The number of likely N-dealkylation sites (N-methyl/N-ethyl adjacent to an activating group) is 1. The monoisotopic (exact) mass is 228 g/mol. The van der Waals surface area contributed by atoms with E-state index in [2.05, 4.69) is 38.3 Å². The van der Waals surface area contributed by atoms with Crippen LogP contribution in [0.5, 0.6) is 0 Å². The maximum Gasteiger partial charge on any atom is 0.233 e. The molecular weight excluding hydrogens is 204 g/mol. The molecule has 0 saturated carbocycles. The fourth-order valence-corrected chi connectivity index (χ4v) is 2.36. The highest BCUT2D eigenvalue weighted by Crippen LogP contribution is 2.36. The van der Waals surface area contributed by atoms with E-state index in [0.717, 1.165) is 6.42 Å². The minimum absolute atomic E-state index is 0.0445. The van der Waals surface area contributed by atoms with Crippen LogP contribution >= 0.6 is 0 Å². The summed E-state index contributed by atoms with van der Waals surface area (Å²) in [6, 6.07) is 0.227. The largest absolute Gasteiger partial charge is 0.368 e. The Morgan fingerprint density at radius 2 is 2.00 bits per heavy atom. The number of carbonyl (C=O) groups is 1. The molecule has 0 aromatic rings. The third-order valence-electron chi connectivity index (χ3n) is 2.96. The quantitative estimate of drug-likeness (QED) is 0.756. The summed E-state index contributed by atoms with van der Waals surface area (Å²) >= 11 is 0. The second-order valence-electron chi connectivity index (χ2n) is 5.56. The molecule has 1 heterocycles. The van der Waals surface area contributed by atoms with Crippen LogP contribution in [0.3, 0.4) is 0 Å². The Balaban J connectivity index is 2.46. The van der Waals surface area contributed by atoms with Gasteiger partial charge in [0.2, 0.25) is 5.91 Å². The molecule has 4 heteroatoms. The standard InChI is InChI=1S/C12H24N2O2/c1-6-13-10(15)8-14-9-7-11(2,3)16-12(9,4)5/h9,14H,6-8H2,1-5H3,(H,13,15). The Morgan fingerprint density at radius 3 is 2.44 bits per heavy atom. The third-order valence-corrected chi connectivity index (χ3v) is 2.96. The molecule has 1 amide bonds. The second kappa shape index (κ2) is 4.72. The molecule has 94 valence electrons. The average Bonchev–Trinajstić information content (AvgIpc) is 2.31. The summed E-state index contributed by atoms with van der Waals surface area (Å²) in [5.74, 6) is 0.0445. The molecule has 2 N–H and O–H groups in total. The highest BCUT2D eigenvalue weighted by molar-refractivity contribution is 5.77. The molecule has 1 fully saturated rings. The van der Waals surface area contributed by atoms with E-state index in [0.29, 0.717) is 13.1 Å². The van der Waals surface area contributed by atoms with Crippen molar-refractivity contribution in [1.82, 2.24) is 10.6 Å². The van der Waals surface area contributed by atoms with E-state index < -0.39 is 0 Å². The minimum atomic E-state index is -0.212.